The summed E-state index contributed by atoms with van der Waals surface area (Å²) in [5.41, 5.74) is 1.02. The first-order valence-electron chi connectivity index (χ1n) is 3.67. The van der Waals surface area contributed by atoms with Crippen molar-refractivity contribution in [1.29, 1.82) is 0 Å². The van der Waals surface area contributed by atoms with Gasteiger partial charge in [0.25, 0.3) is 0 Å². The number of rotatable bonds is 2. The number of phenolic OH excluding ortho intramolecular Hbond substituents is 1. The maximum atomic E-state index is 12.8. The van der Waals surface area contributed by atoms with Crippen molar-refractivity contribution in [1.82, 2.24) is 0 Å². The molecular formula is C9H8FNO2. The predicted molar refractivity (Wildman–Crippen MR) is 44.6 cm³/mol. The van der Waals surface area contributed by atoms with E-state index in [1.54, 1.807) is 6.92 Å². The summed E-state index contributed by atoms with van der Waals surface area (Å²) in [5, 5.41) is 9.24. The van der Waals surface area contributed by atoms with Gasteiger partial charge in [-0.05, 0) is 18.6 Å². The van der Waals surface area contributed by atoms with E-state index >= 15 is 0 Å². The lowest BCUT2D eigenvalue weighted by Gasteiger charge is -2.04. The smallest absolute Gasteiger partial charge is 0.235 e. The number of phenols is 1. The zero-order valence-corrected chi connectivity index (χ0v) is 7.04. The number of aliphatic imine (C=N–C) groups is 1. The minimum atomic E-state index is -0.707. The Morgan fingerprint density at radius 2 is 2.31 bits per heavy atom. The molecule has 0 aromatic heterocycles. The third kappa shape index (κ3) is 1.92. The number of nitrogens with zero attached hydrogens (tertiary/aromatic N) is 1. The predicted octanol–water partition coefficient (Wildman–Crippen LogP) is 1.68. The summed E-state index contributed by atoms with van der Waals surface area (Å²) in [6.07, 6.45) is 1.33. The highest BCUT2D eigenvalue weighted by Crippen LogP contribution is 2.24. The molecule has 1 aromatic carbocycles. The van der Waals surface area contributed by atoms with Gasteiger partial charge in [-0.15, -0.1) is 0 Å². The number of halogens is 1. The SMILES string of the molecule is Cc1ccc(F)c(O)c1CN=C=O. The van der Waals surface area contributed by atoms with Crippen molar-refractivity contribution >= 4 is 6.08 Å². The molecule has 0 radical (unpaired) electrons. The molecule has 0 saturated carbocycles. The van der Waals surface area contributed by atoms with E-state index in [-0.39, 0.29) is 6.54 Å². The second-order valence-electron chi connectivity index (χ2n) is 2.60. The molecule has 0 atom stereocenters. The Morgan fingerprint density at radius 1 is 1.62 bits per heavy atom. The van der Waals surface area contributed by atoms with Gasteiger partial charge in [-0.25, -0.2) is 14.2 Å². The van der Waals surface area contributed by atoms with Crippen LogP contribution in [0.25, 0.3) is 0 Å². The summed E-state index contributed by atoms with van der Waals surface area (Å²) in [5.74, 6) is -1.15. The molecule has 0 bridgehead atoms. The third-order valence-corrected chi connectivity index (χ3v) is 1.77. The minimum absolute atomic E-state index is 0.0427. The molecule has 0 saturated heterocycles. The molecule has 0 unspecified atom stereocenters. The molecule has 1 N–H and O–H groups in total. The largest absolute Gasteiger partial charge is 0.505 e. The fourth-order valence-corrected chi connectivity index (χ4v) is 1.02. The highest BCUT2D eigenvalue weighted by Gasteiger charge is 2.08. The van der Waals surface area contributed by atoms with Crippen molar-refractivity contribution in [3.63, 3.8) is 0 Å². The monoisotopic (exact) mass is 181 g/mol. The van der Waals surface area contributed by atoms with Crippen LogP contribution in [0.2, 0.25) is 0 Å². The first-order chi connectivity index (χ1) is 6.16. The molecule has 0 aliphatic carbocycles. The van der Waals surface area contributed by atoms with Gasteiger partial charge in [-0.3, -0.25) is 0 Å². The lowest BCUT2D eigenvalue weighted by Crippen LogP contribution is -1.90. The lowest BCUT2D eigenvalue weighted by atomic mass is 10.1. The van der Waals surface area contributed by atoms with Gasteiger partial charge in [0.1, 0.15) is 0 Å². The molecule has 0 aliphatic rings. The molecule has 0 fully saturated rings. The van der Waals surface area contributed by atoms with Gasteiger partial charge in [0.15, 0.2) is 11.6 Å². The van der Waals surface area contributed by atoms with Gasteiger partial charge in [-0.1, -0.05) is 6.07 Å². The Labute approximate surface area is 74.5 Å². The van der Waals surface area contributed by atoms with Gasteiger partial charge in [0.05, 0.1) is 6.54 Å². The Morgan fingerprint density at radius 3 is 2.92 bits per heavy atom. The Hall–Kier alpha value is -1.67. The molecule has 13 heavy (non-hydrogen) atoms. The summed E-state index contributed by atoms with van der Waals surface area (Å²) in [6, 6.07) is 2.68. The Kier molecular flexibility index (Phi) is 2.77. The number of isocyanates is 1. The Balaban J connectivity index is 3.16. The van der Waals surface area contributed by atoms with Crippen LogP contribution >= 0.6 is 0 Å². The van der Waals surface area contributed by atoms with Crippen LogP contribution < -0.4 is 0 Å². The van der Waals surface area contributed by atoms with Crippen molar-refractivity contribution in [3.8, 4) is 5.75 Å². The number of benzene rings is 1. The first-order valence-corrected chi connectivity index (χ1v) is 3.67. The molecule has 0 heterocycles. The Bertz CT molecular complexity index is 370. The highest BCUT2D eigenvalue weighted by molar-refractivity contribution is 5.41. The van der Waals surface area contributed by atoms with Crippen molar-refractivity contribution in [3.05, 3.63) is 29.1 Å². The summed E-state index contributed by atoms with van der Waals surface area (Å²) in [4.78, 5) is 13.1. The molecule has 1 aromatic rings. The molecule has 3 nitrogen and oxygen atoms in total. The van der Waals surface area contributed by atoms with E-state index in [1.807, 2.05) is 0 Å². The molecular weight excluding hydrogens is 173 g/mol. The first kappa shape index (κ1) is 9.42. The highest BCUT2D eigenvalue weighted by atomic mass is 19.1. The lowest BCUT2D eigenvalue weighted by molar-refractivity contribution is 0.425. The van der Waals surface area contributed by atoms with E-state index in [0.29, 0.717) is 11.1 Å². The van der Waals surface area contributed by atoms with Crippen LogP contribution in [0.15, 0.2) is 17.1 Å². The van der Waals surface area contributed by atoms with Crippen LogP contribution in [0.5, 0.6) is 5.75 Å². The molecule has 0 amide bonds. The maximum Gasteiger partial charge on any atom is 0.235 e. The number of carbonyl (C=O) groups excluding carboxylic acids is 1. The van der Waals surface area contributed by atoms with E-state index in [2.05, 4.69) is 4.99 Å². The number of aryl methyl sites for hydroxylation is 1. The van der Waals surface area contributed by atoms with Crippen LogP contribution in [0.1, 0.15) is 11.1 Å². The molecule has 0 aliphatic heterocycles. The van der Waals surface area contributed by atoms with E-state index in [4.69, 9.17) is 0 Å². The van der Waals surface area contributed by atoms with Crippen LogP contribution in [-0.4, -0.2) is 11.2 Å². The van der Waals surface area contributed by atoms with Gasteiger partial charge in [0.2, 0.25) is 6.08 Å². The van der Waals surface area contributed by atoms with Crippen molar-refractivity contribution in [2.24, 2.45) is 4.99 Å². The second kappa shape index (κ2) is 3.83. The van der Waals surface area contributed by atoms with Gasteiger partial charge in [-0.2, -0.15) is 0 Å². The van der Waals surface area contributed by atoms with Gasteiger partial charge >= 0.3 is 0 Å². The summed E-state index contributed by atoms with van der Waals surface area (Å²) in [7, 11) is 0. The van der Waals surface area contributed by atoms with E-state index in [1.165, 1.54) is 18.2 Å². The van der Waals surface area contributed by atoms with Gasteiger partial charge in [0, 0.05) is 5.56 Å². The zero-order valence-electron chi connectivity index (χ0n) is 7.04. The molecule has 0 spiro atoms. The summed E-state index contributed by atoms with van der Waals surface area (Å²) >= 11 is 0. The summed E-state index contributed by atoms with van der Waals surface area (Å²) < 4.78 is 12.8. The molecule has 68 valence electrons. The zero-order chi connectivity index (χ0) is 9.84. The molecule has 4 heteroatoms. The summed E-state index contributed by atoms with van der Waals surface area (Å²) in [6.45, 7) is 1.66. The van der Waals surface area contributed by atoms with E-state index < -0.39 is 11.6 Å². The van der Waals surface area contributed by atoms with E-state index in [9.17, 15) is 14.3 Å². The molecule has 1 rings (SSSR count). The van der Waals surface area contributed by atoms with Crippen LogP contribution in [0.4, 0.5) is 4.39 Å². The number of hydrogen-bond donors (Lipinski definition) is 1. The third-order valence-electron chi connectivity index (χ3n) is 1.77. The van der Waals surface area contributed by atoms with Crippen molar-refractivity contribution in [2.45, 2.75) is 13.5 Å². The van der Waals surface area contributed by atoms with Crippen molar-refractivity contribution < 1.29 is 14.3 Å². The average Bonchev–Trinajstić information content (AvgIpc) is 2.12. The normalized spacial score (nSPS) is 9.38. The van der Waals surface area contributed by atoms with E-state index in [0.717, 1.165) is 0 Å². The number of aromatic hydroxyl groups is 1. The fraction of sp³-hybridized carbons (Fsp3) is 0.222. The minimum Gasteiger partial charge on any atom is -0.505 e. The fourth-order valence-electron chi connectivity index (χ4n) is 1.02. The number of hydrogen-bond acceptors (Lipinski definition) is 3. The standard InChI is InChI=1S/C9H8FNO2/c1-6-2-3-8(10)9(13)7(6)4-11-5-12/h2-3,13H,4H2,1H3. The maximum absolute atomic E-state index is 12.8. The second-order valence-corrected chi connectivity index (χ2v) is 2.60. The van der Waals surface area contributed by atoms with Crippen LogP contribution in [0.3, 0.4) is 0 Å². The van der Waals surface area contributed by atoms with Crippen LogP contribution in [-0.2, 0) is 11.3 Å². The van der Waals surface area contributed by atoms with Gasteiger partial charge < -0.3 is 5.11 Å². The quantitative estimate of drug-likeness (QED) is 0.557. The van der Waals surface area contributed by atoms with Crippen LogP contribution in [0, 0.1) is 12.7 Å². The topological polar surface area (TPSA) is 49.7 Å². The van der Waals surface area contributed by atoms with Crippen molar-refractivity contribution in [2.75, 3.05) is 0 Å². The average molecular weight is 181 g/mol.